The van der Waals surface area contributed by atoms with Crippen molar-refractivity contribution < 1.29 is 24.2 Å². The Kier molecular flexibility index (Phi) is 8.68. The summed E-state index contributed by atoms with van der Waals surface area (Å²) in [5.74, 6) is -1.36. The molecule has 2 amide bonds. The van der Waals surface area contributed by atoms with Crippen molar-refractivity contribution in [1.29, 1.82) is 0 Å². The number of fused-ring (bicyclic) bond motifs is 3. The van der Waals surface area contributed by atoms with Gasteiger partial charge in [-0.3, -0.25) is 9.59 Å². The van der Waals surface area contributed by atoms with E-state index in [1.165, 1.54) is 0 Å². The van der Waals surface area contributed by atoms with Crippen molar-refractivity contribution in [1.82, 2.24) is 10.6 Å². The summed E-state index contributed by atoms with van der Waals surface area (Å²) in [5.41, 5.74) is 4.61. The first-order chi connectivity index (χ1) is 16.3. The number of carbonyl (C=O) groups excluding carboxylic acids is 2. The second-order valence-electron chi connectivity index (χ2n) is 9.45. The maximum atomic E-state index is 12.4. The third kappa shape index (κ3) is 6.59. The number of carboxylic acid groups (broad SMARTS) is 1. The molecule has 2 aromatic carbocycles. The van der Waals surface area contributed by atoms with Crippen LogP contribution in [0.25, 0.3) is 11.1 Å². The second kappa shape index (κ2) is 11.7. The Hall–Kier alpha value is -3.35. The number of alkyl carbamates (subject to hydrolysis) is 1. The smallest absolute Gasteiger partial charge is 0.407 e. The summed E-state index contributed by atoms with van der Waals surface area (Å²) in [6, 6.07) is 16.3. The van der Waals surface area contributed by atoms with Crippen LogP contribution >= 0.6 is 0 Å². The van der Waals surface area contributed by atoms with E-state index < -0.39 is 18.0 Å². The molecular weight excluding hydrogens is 432 g/mol. The highest BCUT2D eigenvalue weighted by atomic mass is 16.5. The summed E-state index contributed by atoms with van der Waals surface area (Å²) in [7, 11) is 0. The molecule has 7 nitrogen and oxygen atoms in total. The van der Waals surface area contributed by atoms with Gasteiger partial charge < -0.3 is 20.5 Å². The standard InChI is InChI=1S/C27H34N2O5/c1-17(2)12-19(13-25(30)31)15-28-26(32)18(3)14-29-27(33)34-16-24-22-10-6-4-8-20(22)21-9-5-7-11-23(21)24/h4-11,17-19,24H,12-16H2,1-3H3,(H,28,32)(H,29,33)(H,30,31)/t18?,19-/m0/s1. The van der Waals surface area contributed by atoms with Crippen molar-refractivity contribution in [3.8, 4) is 11.1 Å². The zero-order chi connectivity index (χ0) is 24.7. The Morgan fingerprint density at radius 2 is 1.50 bits per heavy atom. The molecule has 34 heavy (non-hydrogen) atoms. The molecule has 2 atom stereocenters. The van der Waals surface area contributed by atoms with Gasteiger partial charge >= 0.3 is 12.1 Å². The fraction of sp³-hybridized carbons (Fsp3) is 0.444. The maximum absolute atomic E-state index is 12.4. The van der Waals surface area contributed by atoms with Gasteiger partial charge in [-0.25, -0.2) is 4.79 Å². The predicted octanol–water partition coefficient (Wildman–Crippen LogP) is 4.41. The fourth-order valence-corrected chi connectivity index (χ4v) is 4.55. The Morgan fingerprint density at radius 1 is 0.912 bits per heavy atom. The monoisotopic (exact) mass is 466 g/mol. The molecule has 0 bridgehead atoms. The predicted molar refractivity (Wildman–Crippen MR) is 130 cm³/mol. The Labute approximate surface area is 200 Å². The van der Waals surface area contributed by atoms with Gasteiger partial charge in [-0.15, -0.1) is 0 Å². The van der Waals surface area contributed by atoms with Gasteiger partial charge in [0.2, 0.25) is 5.91 Å². The van der Waals surface area contributed by atoms with Crippen molar-refractivity contribution in [2.24, 2.45) is 17.8 Å². The van der Waals surface area contributed by atoms with E-state index in [-0.39, 0.29) is 37.3 Å². The van der Waals surface area contributed by atoms with Crippen LogP contribution in [0.2, 0.25) is 0 Å². The topological polar surface area (TPSA) is 105 Å². The molecule has 3 rings (SSSR count). The van der Waals surface area contributed by atoms with E-state index >= 15 is 0 Å². The van der Waals surface area contributed by atoms with Gasteiger partial charge in [0.1, 0.15) is 6.61 Å². The van der Waals surface area contributed by atoms with E-state index in [4.69, 9.17) is 9.84 Å². The molecule has 0 heterocycles. The van der Waals surface area contributed by atoms with Gasteiger partial charge in [-0.05, 0) is 40.5 Å². The van der Waals surface area contributed by atoms with E-state index in [9.17, 15) is 14.4 Å². The number of aliphatic carboxylic acids is 1. The number of benzene rings is 2. The first-order valence-electron chi connectivity index (χ1n) is 11.8. The largest absolute Gasteiger partial charge is 0.481 e. The molecular formula is C27H34N2O5. The van der Waals surface area contributed by atoms with Crippen LogP contribution in [0.15, 0.2) is 48.5 Å². The van der Waals surface area contributed by atoms with Crippen LogP contribution < -0.4 is 10.6 Å². The third-order valence-electron chi connectivity index (χ3n) is 6.18. The highest BCUT2D eigenvalue weighted by Gasteiger charge is 2.29. The Bertz CT molecular complexity index is 974. The van der Waals surface area contributed by atoms with Crippen LogP contribution in [0, 0.1) is 17.8 Å². The molecule has 7 heteroatoms. The van der Waals surface area contributed by atoms with Crippen molar-refractivity contribution in [3.63, 3.8) is 0 Å². The van der Waals surface area contributed by atoms with Crippen molar-refractivity contribution in [3.05, 3.63) is 59.7 Å². The van der Waals surface area contributed by atoms with Crippen LogP contribution in [-0.2, 0) is 14.3 Å². The lowest BCUT2D eigenvalue weighted by molar-refractivity contribution is -0.138. The molecule has 0 radical (unpaired) electrons. The SMILES string of the molecule is CC(C)C[C@H](CNC(=O)C(C)CNC(=O)OCC1c2ccccc2-c2ccccc21)CC(=O)O. The van der Waals surface area contributed by atoms with Gasteiger partial charge in [0.15, 0.2) is 0 Å². The van der Waals surface area contributed by atoms with Gasteiger partial charge in [-0.2, -0.15) is 0 Å². The van der Waals surface area contributed by atoms with Crippen LogP contribution in [0.3, 0.4) is 0 Å². The van der Waals surface area contributed by atoms with Gasteiger partial charge in [0, 0.05) is 25.4 Å². The van der Waals surface area contributed by atoms with E-state index in [0.717, 1.165) is 28.7 Å². The molecule has 0 aromatic heterocycles. The molecule has 2 aromatic rings. The Balaban J connectivity index is 1.46. The first kappa shape index (κ1) is 25.3. The van der Waals surface area contributed by atoms with Crippen LogP contribution in [-0.4, -0.2) is 42.8 Å². The van der Waals surface area contributed by atoms with Crippen molar-refractivity contribution >= 4 is 18.0 Å². The minimum Gasteiger partial charge on any atom is -0.481 e. The average Bonchev–Trinajstić information content (AvgIpc) is 3.12. The summed E-state index contributed by atoms with van der Waals surface area (Å²) in [5, 5.41) is 14.6. The zero-order valence-electron chi connectivity index (χ0n) is 20.0. The summed E-state index contributed by atoms with van der Waals surface area (Å²) >= 11 is 0. The minimum absolute atomic E-state index is 0.0187. The highest BCUT2D eigenvalue weighted by Crippen LogP contribution is 2.44. The molecule has 0 spiro atoms. The molecule has 0 saturated heterocycles. The molecule has 0 saturated carbocycles. The number of ether oxygens (including phenoxy) is 1. The average molecular weight is 467 g/mol. The number of amides is 2. The second-order valence-corrected chi connectivity index (χ2v) is 9.45. The summed E-state index contributed by atoms with van der Waals surface area (Å²) in [4.78, 5) is 35.8. The molecule has 0 aliphatic heterocycles. The molecule has 3 N–H and O–H groups in total. The summed E-state index contributed by atoms with van der Waals surface area (Å²) in [6.45, 7) is 6.42. The summed E-state index contributed by atoms with van der Waals surface area (Å²) < 4.78 is 5.51. The summed E-state index contributed by atoms with van der Waals surface area (Å²) in [6.07, 6.45) is 0.175. The van der Waals surface area contributed by atoms with Crippen molar-refractivity contribution in [2.45, 2.75) is 39.5 Å². The number of hydrogen-bond donors (Lipinski definition) is 3. The number of carbonyl (C=O) groups is 3. The highest BCUT2D eigenvalue weighted by molar-refractivity contribution is 5.80. The lowest BCUT2D eigenvalue weighted by Gasteiger charge is -2.20. The van der Waals surface area contributed by atoms with Crippen LogP contribution in [0.1, 0.15) is 50.7 Å². The van der Waals surface area contributed by atoms with Crippen LogP contribution in [0.5, 0.6) is 0 Å². The quantitative estimate of drug-likeness (QED) is 0.455. The maximum Gasteiger partial charge on any atom is 0.407 e. The van der Waals surface area contributed by atoms with E-state index in [1.807, 2.05) is 38.1 Å². The molecule has 1 aliphatic carbocycles. The fourth-order valence-electron chi connectivity index (χ4n) is 4.55. The number of carboxylic acids is 1. The Morgan fingerprint density at radius 3 is 2.06 bits per heavy atom. The van der Waals surface area contributed by atoms with Crippen LogP contribution in [0.4, 0.5) is 4.79 Å². The lowest BCUT2D eigenvalue weighted by Crippen LogP contribution is -2.40. The number of hydrogen-bond acceptors (Lipinski definition) is 4. The zero-order valence-corrected chi connectivity index (χ0v) is 20.0. The van der Waals surface area contributed by atoms with Gasteiger partial charge in [0.05, 0.1) is 5.92 Å². The van der Waals surface area contributed by atoms with E-state index in [0.29, 0.717) is 12.5 Å². The molecule has 1 unspecified atom stereocenters. The van der Waals surface area contributed by atoms with Gasteiger partial charge in [-0.1, -0.05) is 69.3 Å². The number of nitrogens with one attached hydrogen (secondary N) is 2. The normalized spacial score (nSPS) is 14.1. The minimum atomic E-state index is -0.870. The lowest BCUT2D eigenvalue weighted by atomic mass is 9.94. The third-order valence-corrected chi connectivity index (χ3v) is 6.18. The van der Waals surface area contributed by atoms with Crippen molar-refractivity contribution in [2.75, 3.05) is 19.7 Å². The first-order valence-corrected chi connectivity index (χ1v) is 11.8. The molecule has 0 fully saturated rings. The van der Waals surface area contributed by atoms with E-state index in [1.54, 1.807) is 6.92 Å². The molecule has 182 valence electrons. The van der Waals surface area contributed by atoms with Gasteiger partial charge in [0.25, 0.3) is 0 Å². The van der Waals surface area contributed by atoms with E-state index in [2.05, 4.69) is 34.9 Å². The number of rotatable bonds is 11. The molecule has 1 aliphatic rings.